The Labute approximate surface area is 134 Å². The lowest BCUT2D eigenvalue weighted by atomic mass is 10.1. The van der Waals surface area contributed by atoms with Crippen LogP contribution in [0.2, 0.25) is 0 Å². The van der Waals surface area contributed by atoms with Gasteiger partial charge in [-0.2, -0.15) is 0 Å². The molecule has 0 saturated heterocycles. The van der Waals surface area contributed by atoms with Crippen molar-refractivity contribution in [2.75, 3.05) is 6.54 Å². The molecule has 1 aromatic rings. The minimum absolute atomic E-state index is 0.0575. The summed E-state index contributed by atoms with van der Waals surface area (Å²) in [6.45, 7) is 12.6. The van der Waals surface area contributed by atoms with Gasteiger partial charge in [0.15, 0.2) is 0 Å². The second kappa shape index (κ2) is 8.18. The number of benzene rings is 1. The van der Waals surface area contributed by atoms with E-state index in [1.165, 1.54) is 11.1 Å². The van der Waals surface area contributed by atoms with Gasteiger partial charge in [-0.15, -0.1) is 0 Å². The van der Waals surface area contributed by atoms with Gasteiger partial charge >= 0.3 is 6.09 Å². The molecular weight excluding hydrogens is 276 g/mol. The fraction of sp³-hybridized carbons (Fsp3) is 0.611. The van der Waals surface area contributed by atoms with E-state index in [2.05, 4.69) is 55.7 Å². The number of hydrogen-bond donors (Lipinski definition) is 2. The van der Waals surface area contributed by atoms with E-state index in [1.54, 1.807) is 0 Å². The standard InChI is InChI=1S/C18H30N2O2/c1-7-16(20-17(21)22-18(4,5)6)12-19-14(3)15-10-8-9-13(2)11-15/h8-11,14,16,19H,7,12H2,1-6H3,(H,20,21). The van der Waals surface area contributed by atoms with Crippen LogP contribution in [-0.4, -0.2) is 24.3 Å². The molecule has 124 valence electrons. The van der Waals surface area contributed by atoms with Crippen LogP contribution in [0.5, 0.6) is 0 Å². The fourth-order valence-corrected chi connectivity index (χ4v) is 2.15. The molecule has 0 heterocycles. The average Bonchev–Trinajstić information content (AvgIpc) is 2.41. The van der Waals surface area contributed by atoms with E-state index in [-0.39, 0.29) is 18.2 Å². The van der Waals surface area contributed by atoms with Gasteiger partial charge in [0, 0.05) is 18.6 Å². The minimum Gasteiger partial charge on any atom is -0.444 e. The van der Waals surface area contributed by atoms with Gasteiger partial charge in [-0.3, -0.25) is 0 Å². The molecule has 0 aromatic heterocycles. The van der Waals surface area contributed by atoms with Gasteiger partial charge < -0.3 is 15.4 Å². The van der Waals surface area contributed by atoms with E-state index in [9.17, 15) is 4.79 Å². The first-order valence-electron chi connectivity index (χ1n) is 8.00. The van der Waals surface area contributed by atoms with Crippen molar-refractivity contribution in [3.8, 4) is 0 Å². The van der Waals surface area contributed by atoms with Crippen LogP contribution < -0.4 is 10.6 Å². The lowest BCUT2D eigenvalue weighted by molar-refractivity contribution is 0.0502. The molecule has 4 nitrogen and oxygen atoms in total. The summed E-state index contributed by atoms with van der Waals surface area (Å²) in [5.74, 6) is 0. The van der Waals surface area contributed by atoms with E-state index in [4.69, 9.17) is 4.74 Å². The van der Waals surface area contributed by atoms with Gasteiger partial charge in [0.05, 0.1) is 0 Å². The highest BCUT2D eigenvalue weighted by atomic mass is 16.6. The largest absolute Gasteiger partial charge is 0.444 e. The zero-order valence-electron chi connectivity index (χ0n) is 14.7. The number of amides is 1. The van der Waals surface area contributed by atoms with E-state index < -0.39 is 5.60 Å². The highest BCUT2D eigenvalue weighted by Gasteiger charge is 2.19. The van der Waals surface area contributed by atoms with Gasteiger partial charge in [0.2, 0.25) is 0 Å². The Kier molecular flexibility index (Phi) is 6.88. The Morgan fingerprint density at radius 3 is 2.55 bits per heavy atom. The highest BCUT2D eigenvalue weighted by molar-refractivity contribution is 5.68. The Bertz CT molecular complexity index is 480. The van der Waals surface area contributed by atoms with Crippen molar-refractivity contribution >= 4 is 6.09 Å². The summed E-state index contributed by atoms with van der Waals surface area (Å²) in [6.07, 6.45) is 0.497. The second-order valence-corrected chi connectivity index (χ2v) is 6.80. The van der Waals surface area contributed by atoms with Crippen LogP contribution in [0.15, 0.2) is 24.3 Å². The first-order chi connectivity index (χ1) is 10.2. The SMILES string of the molecule is CCC(CNC(C)c1cccc(C)c1)NC(=O)OC(C)(C)C. The summed E-state index contributed by atoms with van der Waals surface area (Å²) in [4.78, 5) is 11.8. The average molecular weight is 306 g/mol. The molecule has 0 fully saturated rings. The predicted octanol–water partition coefficient (Wildman–Crippen LogP) is 3.95. The van der Waals surface area contributed by atoms with Crippen molar-refractivity contribution in [1.29, 1.82) is 0 Å². The molecule has 0 aliphatic heterocycles. The summed E-state index contributed by atoms with van der Waals surface area (Å²) in [7, 11) is 0. The molecule has 22 heavy (non-hydrogen) atoms. The summed E-state index contributed by atoms with van der Waals surface area (Å²) in [5, 5.41) is 6.39. The Morgan fingerprint density at radius 2 is 2.00 bits per heavy atom. The van der Waals surface area contributed by atoms with Crippen LogP contribution in [-0.2, 0) is 4.74 Å². The fourth-order valence-electron chi connectivity index (χ4n) is 2.15. The van der Waals surface area contributed by atoms with Crippen molar-refractivity contribution in [2.24, 2.45) is 0 Å². The lowest BCUT2D eigenvalue weighted by Crippen LogP contribution is -2.44. The van der Waals surface area contributed by atoms with Gasteiger partial charge in [-0.1, -0.05) is 36.8 Å². The summed E-state index contributed by atoms with van der Waals surface area (Å²) < 4.78 is 5.30. The molecule has 0 aliphatic carbocycles. The van der Waals surface area contributed by atoms with Crippen LogP contribution in [0.1, 0.15) is 58.2 Å². The minimum atomic E-state index is -0.468. The molecule has 1 aromatic carbocycles. The molecular formula is C18H30N2O2. The van der Waals surface area contributed by atoms with E-state index in [0.29, 0.717) is 6.54 Å². The predicted molar refractivity (Wildman–Crippen MR) is 91.0 cm³/mol. The smallest absolute Gasteiger partial charge is 0.407 e. The van der Waals surface area contributed by atoms with Crippen LogP contribution in [0, 0.1) is 6.92 Å². The summed E-state index contributed by atoms with van der Waals surface area (Å²) in [5.41, 5.74) is 2.04. The zero-order valence-corrected chi connectivity index (χ0v) is 14.7. The number of rotatable bonds is 6. The second-order valence-electron chi connectivity index (χ2n) is 6.80. The van der Waals surface area contributed by atoms with Crippen molar-refractivity contribution in [1.82, 2.24) is 10.6 Å². The van der Waals surface area contributed by atoms with E-state index in [0.717, 1.165) is 6.42 Å². The molecule has 0 saturated carbocycles. The molecule has 2 N–H and O–H groups in total. The number of carbonyl (C=O) groups excluding carboxylic acids is 1. The first-order valence-corrected chi connectivity index (χ1v) is 8.00. The van der Waals surface area contributed by atoms with Gasteiger partial charge in [-0.25, -0.2) is 4.79 Å². The number of hydrogen-bond acceptors (Lipinski definition) is 3. The van der Waals surface area contributed by atoms with Crippen LogP contribution in [0.4, 0.5) is 4.79 Å². The first kappa shape index (κ1) is 18.5. The van der Waals surface area contributed by atoms with Crippen molar-refractivity contribution in [3.63, 3.8) is 0 Å². The van der Waals surface area contributed by atoms with Crippen LogP contribution >= 0.6 is 0 Å². The third-order valence-corrected chi connectivity index (χ3v) is 3.43. The van der Waals surface area contributed by atoms with Crippen LogP contribution in [0.3, 0.4) is 0 Å². The van der Waals surface area contributed by atoms with E-state index in [1.807, 2.05) is 20.8 Å². The summed E-state index contributed by atoms with van der Waals surface area (Å²) >= 11 is 0. The Balaban J connectivity index is 2.48. The molecule has 0 spiro atoms. The maximum Gasteiger partial charge on any atom is 0.407 e. The van der Waals surface area contributed by atoms with Crippen molar-refractivity contribution in [2.45, 2.75) is 65.6 Å². The maximum atomic E-state index is 11.8. The number of ether oxygens (including phenoxy) is 1. The summed E-state index contributed by atoms with van der Waals surface area (Å²) in [6, 6.07) is 8.76. The number of nitrogens with one attached hydrogen (secondary N) is 2. The normalized spacial score (nSPS) is 14.3. The third-order valence-electron chi connectivity index (χ3n) is 3.43. The number of carbonyl (C=O) groups is 1. The molecule has 0 radical (unpaired) electrons. The number of alkyl carbamates (subject to hydrolysis) is 1. The van der Waals surface area contributed by atoms with Crippen molar-refractivity contribution < 1.29 is 9.53 Å². The van der Waals surface area contributed by atoms with Gasteiger partial charge in [-0.05, 0) is 46.6 Å². The zero-order chi connectivity index (χ0) is 16.8. The molecule has 4 heteroatoms. The third kappa shape index (κ3) is 6.94. The molecule has 1 amide bonds. The Hall–Kier alpha value is -1.55. The lowest BCUT2D eigenvalue weighted by Gasteiger charge is -2.24. The molecule has 2 unspecified atom stereocenters. The molecule has 1 rings (SSSR count). The molecule has 2 atom stereocenters. The maximum absolute atomic E-state index is 11.8. The molecule has 0 bridgehead atoms. The monoisotopic (exact) mass is 306 g/mol. The number of aryl methyl sites for hydroxylation is 1. The van der Waals surface area contributed by atoms with Gasteiger partial charge in [0.1, 0.15) is 5.60 Å². The quantitative estimate of drug-likeness (QED) is 0.836. The Morgan fingerprint density at radius 1 is 1.32 bits per heavy atom. The van der Waals surface area contributed by atoms with Gasteiger partial charge in [0.25, 0.3) is 0 Å². The molecule has 0 aliphatic rings. The highest BCUT2D eigenvalue weighted by Crippen LogP contribution is 2.14. The van der Waals surface area contributed by atoms with Crippen molar-refractivity contribution in [3.05, 3.63) is 35.4 Å². The topological polar surface area (TPSA) is 50.4 Å². The van der Waals surface area contributed by atoms with Crippen LogP contribution in [0.25, 0.3) is 0 Å². The van der Waals surface area contributed by atoms with E-state index >= 15 is 0 Å².